The predicted octanol–water partition coefficient (Wildman–Crippen LogP) is 1.32. The first-order valence-electron chi connectivity index (χ1n) is 10.2. The maximum atomic E-state index is 13.1. The van der Waals surface area contributed by atoms with Gasteiger partial charge < -0.3 is 25.0 Å². The van der Waals surface area contributed by atoms with Crippen LogP contribution >= 0.6 is 0 Å². The lowest BCUT2D eigenvalue weighted by atomic mass is 9.77. The molecule has 3 aliphatic rings. The molecule has 2 aliphatic carbocycles. The van der Waals surface area contributed by atoms with Crippen LogP contribution in [0.3, 0.4) is 0 Å². The topological polar surface area (TPSA) is 114 Å². The van der Waals surface area contributed by atoms with Crippen molar-refractivity contribution in [1.82, 2.24) is 14.8 Å². The van der Waals surface area contributed by atoms with E-state index >= 15 is 0 Å². The van der Waals surface area contributed by atoms with Crippen molar-refractivity contribution < 1.29 is 24.6 Å². The number of ketones is 1. The maximum absolute atomic E-state index is 13.1. The lowest BCUT2D eigenvalue weighted by Crippen LogP contribution is -2.46. The lowest BCUT2D eigenvalue weighted by Gasteiger charge is -2.38. The molecule has 160 valence electrons. The van der Waals surface area contributed by atoms with Crippen LogP contribution in [0.1, 0.15) is 57.8 Å². The third-order valence-electron chi connectivity index (χ3n) is 6.71. The molecule has 8 heteroatoms. The molecule has 1 aromatic heterocycles. The number of likely N-dealkylation sites (tertiary alicyclic amines) is 1. The fourth-order valence-corrected chi connectivity index (χ4v) is 5.27. The van der Waals surface area contributed by atoms with Gasteiger partial charge >= 0.3 is 0 Å². The quantitative estimate of drug-likeness (QED) is 0.640. The number of carbonyl (C=O) groups is 3. The van der Waals surface area contributed by atoms with Gasteiger partial charge in [0.2, 0.25) is 0 Å². The van der Waals surface area contributed by atoms with Gasteiger partial charge in [-0.05, 0) is 64.1 Å². The van der Waals surface area contributed by atoms with Gasteiger partial charge in [-0.15, -0.1) is 0 Å². The summed E-state index contributed by atoms with van der Waals surface area (Å²) in [5.41, 5.74) is 3.09. The number of H-pyrrole nitrogens is 1. The number of aromatic nitrogens is 1. The van der Waals surface area contributed by atoms with Gasteiger partial charge in [0.15, 0.2) is 5.78 Å². The molecule has 4 atom stereocenters. The number of hydrogen-bond acceptors (Lipinski definition) is 5. The minimum Gasteiger partial charge on any atom is -0.483 e. The van der Waals surface area contributed by atoms with E-state index in [1.807, 2.05) is 25.9 Å². The number of Topliss-reactive ketones (excluding diaryl/α,β-unsaturated/α-hetero) is 1. The number of aromatic amines is 1. The summed E-state index contributed by atoms with van der Waals surface area (Å²) >= 11 is 0. The molecule has 1 aliphatic heterocycles. The molecule has 2 fully saturated rings. The first-order chi connectivity index (χ1) is 13.8. The number of carbonyl (C=O) groups excluding carboxylic acids is 2. The van der Waals surface area contributed by atoms with E-state index in [9.17, 15) is 14.7 Å². The van der Waals surface area contributed by atoms with E-state index in [1.165, 1.54) is 0 Å². The highest BCUT2D eigenvalue weighted by atomic mass is 16.3. The van der Waals surface area contributed by atoms with E-state index in [4.69, 9.17) is 9.90 Å². The van der Waals surface area contributed by atoms with E-state index in [0.717, 1.165) is 49.0 Å². The first-order valence-corrected chi connectivity index (χ1v) is 10.2. The van der Waals surface area contributed by atoms with Gasteiger partial charge in [-0.1, -0.05) is 0 Å². The summed E-state index contributed by atoms with van der Waals surface area (Å²) in [6, 6.07) is 0.170. The van der Waals surface area contributed by atoms with Crippen molar-refractivity contribution in [1.29, 1.82) is 0 Å². The zero-order valence-corrected chi connectivity index (χ0v) is 17.4. The van der Waals surface area contributed by atoms with Crippen molar-refractivity contribution in [3.8, 4) is 0 Å². The summed E-state index contributed by atoms with van der Waals surface area (Å²) in [5.74, 6) is 0.985. The zero-order valence-electron chi connectivity index (χ0n) is 17.4. The maximum Gasteiger partial charge on any atom is 0.290 e. The van der Waals surface area contributed by atoms with Crippen LogP contribution in [-0.4, -0.2) is 82.5 Å². The molecule has 0 spiro atoms. The predicted molar refractivity (Wildman–Crippen MR) is 107 cm³/mol. The summed E-state index contributed by atoms with van der Waals surface area (Å²) < 4.78 is 0. The molecule has 29 heavy (non-hydrogen) atoms. The number of rotatable bonds is 2. The van der Waals surface area contributed by atoms with Crippen LogP contribution in [0.15, 0.2) is 0 Å². The highest BCUT2D eigenvalue weighted by Gasteiger charge is 2.44. The number of nitrogens with zero attached hydrogens (tertiary/aromatic N) is 2. The number of aryl methyl sites for hydroxylation is 1. The van der Waals surface area contributed by atoms with Crippen molar-refractivity contribution in [3.63, 3.8) is 0 Å². The highest BCUT2D eigenvalue weighted by Crippen LogP contribution is 2.38. The monoisotopic (exact) mass is 405 g/mol. The normalized spacial score (nSPS) is 28.4. The third-order valence-corrected chi connectivity index (χ3v) is 6.71. The number of amides is 1. The van der Waals surface area contributed by atoms with Gasteiger partial charge in [0, 0.05) is 36.8 Å². The summed E-state index contributed by atoms with van der Waals surface area (Å²) in [5, 5.41) is 17.3. The molecule has 1 saturated heterocycles. The van der Waals surface area contributed by atoms with Gasteiger partial charge in [0.25, 0.3) is 12.4 Å². The SMILES string of the molecule is Cc1c(C(=O)N2C[C@H]3C[C@@H](N(C)C)[C@H](O)C[C@H]3C2)[nH]c2c1C(=O)CCC2.O=CO. The standard InChI is InChI=1S/C20H29N3O3.CH2O2/c1-11-18-14(5-4-6-16(18)24)21-19(11)20(26)23-9-12-7-15(22(2)3)17(25)8-13(12)10-23;2-1-3/h12-13,15,17,21,25H,4-10H2,1-3H3;1H,(H,2,3)/t12-,13+,15-,17-;/m1./s1. The molecule has 0 unspecified atom stereocenters. The Bertz CT molecular complexity index is 788. The molecule has 0 bridgehead atoms. The summed E-state index contributed by atoms with van der Waals surface area (Å²) in [6.45, 7) is 3.09. The van der Waals surface area contributed by atoms with E-state index in [0.29, 0.717) is 30.5 Å². The molecule has 1 saturated carbocycles. The Kier molecular flexibility index (Phi) is 6.43. The van der Waals surface area contributed by atoms with Crippen LogP contribution in [-0.2, 0) is 11.2 Å². The Morgan fingerprint density at radius 1 is 1.21 bits per heavy atom. The number of aliphatic hydroxyl groups is 1. The molecule has 8 nitrogen and oxygen atoms in total. The van der Waals surface area contributed by atoms with Crippen LogP contribution < -0.4 is 0 Å². The largest absolute Gasteiger partial charge is 0.483 e. The van der Waals surface area contributed by atoms with E-state index in [2.05, 4.69) is 9.88 Å². The zero-order chi connectivity index (χ0) is 21.3. The number of hydrogen-bond donors (Lipinski definition) is 3. The highest BCUT2D eigenvalue weighted by molar-refractivity contribution is 6.04. The molecule has 0 aromatic carbocycles. The van der Waals surface area contributed by atoms with Crippen LogP contribution in [0.2, 0.25) is 0 Å². The fraction of sp³-hybridized carbons (Fsp3) is 0.667. The van der Waals surface area contributed by atoms with Crippen LogP contribution in [0.25, 0.3) is 0 Å². The van der Waals surface area contributed by atoms with Crippen molar-refractivity contribution in [3.05, 3.63) is 22.5 Å². The molecular weight excluding hydrogens is 374 g/mol. The Morgan fingerprint density at radius 2 is 1.83 bits per heavy atom. The molecule has 1 aromatic rings. The molecular formula is C21H31N3O5. The second-order valence-corrected chi connectivity index (χ2v) is 8.66. The first kappa shape index (κ1) is 21.5. The van der Waals surface area contributed by atoms with Gasteiger partial charge in [-0.3, -0.25) is 14.4 Å². The third kappa shape index (κ3) is 4.09. The Balaban J connectivity index is 0.000000755. The molecule has 3 N–H and O–H groups in total. The molecule has 2 heterocycles. The number of aliphatic hydroxyl groups excluding tert-OH is 1. The molecule has 1 amide bonds. The van der Waals surface area contributed by atoms with Gasteiger partial charge in [-0.2, -0.15) is 0 Å². The minimum absolute atomic E-state index is 0.00925. The number of likely N-dealkylation sites (N-methyl/N-ethyl adjacent to an activating group) is 1. The van der Waals surface area contributed by atoms with Crippen LogP contribution in [0.4, 0.5) is 0 Å². The smallest absolute Gasteiger partial charge is 0.290 e. The molecule has 4 rings (SSSR count). The Labute approximate surface area is 170 Å². The van der Waals surface area contributed by atoms with E-state index in [-0.39, 0.29) is 30.3 Å². The summed E-state index contributed by atoms with van der Waals surface area (Å²) in [7, 11) is 4.02. The van der Waals surface area contributed by atoms with E-state index in [1.54, 1.807) is 0 Å². The van der Waals surface area contributed by atoms with Crippen molar-refractivity contribution in [2.75, 3.05) is 27.2 Å². The Hall–Kier alpha value is -2.19. The summed E-state index contributed by atoms with van der Waals surface area (Å²) in [6.07, 6.45) is 3.65. The van der Waals surface area contributed by atoms with Crippen molar-refractivity contribution in [2.45, 2.75) is 51.2 Å². The van der Waals surface area contributed by atoms with Crippen molar-refractivity contribution in [2.24, 2.45) is 11.8 Å². The van der Waals surface area contributed by atoms with E-state index < -0.39 is 0 Å². The Morgan fingerprint density at radius 3 is 2.41 bits per heavy atom. The average Bonchev–Trinajstić information content (AvgIpc) is 3.22. The average molecular weight is 405 g/mol. The second kappa shape index (κ2) is 8.67. The number of nitrogens with one attached hydrogen (secondary N) is 1. The van der Waals surface area contributed by atoms with Gasteiger partial charge in [0.05, 0.1) is 6.10 Å². The van der Waals surface area contributed by atoms with Crippen LogP contribution in [0, 0.1) is 18.8 Å². The second-order valence-electron chi connectivity index (χ2n) is 8.66. The number of carboxylic acid groups (broad SMARTS) is 1. The van der Waals surface area contributed by atoms with Crippen LogP contribution in [0.5, 0.6) is 0 Å². The fourth-order valence-electron chi connectivity index (χ4n) is 5.27. The lowest BCUT2D eigenvalue weighted by molar-refractivity contribution is -0.122. The summed E-state index contributed by atoms with van der Waals surface area (Å²) in [4.78, 5) is 41.0. The molecule has 0 radical (unpaired) electrons. The number of fused-ring (bicyclic) bond motifs is 2. The minimum atomic E-state index is -0.321. The van der Waals surface area contributed by atoms with Crippen molar-refractivity contribution >= 4 is 18.2 Å². The van der Waals surface area contributed by atoms with Gasteiger partial charge in [0.1, 0.15) is 5.69 Å². The van der Waals surface area contributed by atoms with Gasteiger partial charge in [-0.25, -0.2) is 0 Å².